The number of esters is 1. The maximum Gasteiger partial charge on any atom is 0.337 e. The Morgan fingerprint density at radius 1 is 0.951 bits per heavy atom. The molecule has 5 rings (SSSR count). The van der Waals surface area contributed by atoms with Crippen molar-refractivity contribution in [2.45, 2.75) is 6.42 Å². The Morgan fingerprint density at radius 2 is 1.61 bits per heavy atom. The van der Waals surface area contributed by atoms with E-state index < -0.39 is 5.97 Å². The predicted molar refractivity (Wildman–Crippen MR) is 162 cm³/mol. The first-order valence-corrected chi connectivity index (χ1v) is 13.6. The SMILES string of the molecule is COC(=O)c1ccc2c(c1)/C(=C(/Nc1ccc(N(C)C(=O)CN3CCN(C)CC3)cc1)c1ccc(N)cc1)C(=O)C2. The van der Waals surface area contributed by atoms with Crippen LogP contribution in [0.2, 0.25) is 0 Å². The van der Waals surface area contributed by atoms with E-state index in [1.54, 1.807) is 42.3 Å². The molecule has 2 aliphatic rings. The Morgan fingerprint density at radius 3 is 2.27 bits per heavy atom. The van der Waals surface area contributed by atoms with Crippen molar-refractivity contribution >= 4 is 46.0 Å². The molecular weight excluding hydrogens is 518 g/mol. The quantitative estimate of drug-likeness (QED) is 0.261. The molecule has 0 radical (unpaired) electrons. The van der Waals surface area contributed by atoms with E-state index in [1.165, 1.54) is 7.11 Å². The van der Waals surface area contributed by atoms with Crippen molar-refractivity contribution in [1.29, 1.82) is 0 Å². The molecular formula is C32H35N5O4. The van der Waals surface area contributed by atoms with Gasteiger partial charge in [0.05, 0.1) is 24.9 Å². The van der Waals surface area contributed by atoms with Crippen molar-refractivity contribution in [2.24, 2.45) is 0 Å². The van der Waals surface area contributed by atoms with Gasteiger partial charge < -0.3 is 25.6 Å². The van der Waals surface area contributed by atoms with E-state index in [0.717, 1.165) is 48.7 Å². The van der Waals surface area contributed by atoms with Gasteiger partial charge in [-0.25, -0.2) is 4.79 Å². The molecule has 0 bridgehead atoms. The van der Waals surface area contributed by atoms with Gasteiger partial charge >= 0.3 is 5.97 Å². The number of nitrogens with two attached hydrogens (primary N) is 1. The summed E-state index contributed by atoms with van der Waals surface area (Å²) >= 11 is 0. The van der Waals surface area contributed by atoms with Gasteiger partial charge in [0.15, 0.2) is 5.78 Å². The van der Waals surface area contributed by atoms with Crippen molar-refractivity contribution in [3.05, 3.63) is 89.0 Å². The third-order valence-electron chi connectivity index (χ3n) is 7.73. The number of allylic oxidation sites excluding steroid dienone is 1. The van der Waals surface area contributed by atoms with Crippen LogP contribution in [0.15, 0.2) is 66.7 Å². The average Bonchev–Trinajstić information content (AvgIpc) is 3.31. The number of hydrogen-bond donors (Lipinski definition) is 2. The van der Waals surface area contributed by atoms with Crippen LogP contribution in [0.3, 0.4) is 0 Å². The Bertz CT molecular complexity index is 1490. The fraction of sp³-hybridized carbons (Fsp3) is 0.281. The Balaban J connectivity index is 1.43. The number of likely N-dealkylation sites (N-methyl/N-ethyl adjacent to an activating group) is 2. The second-order valence-corrected chi connectivity index (χ2v) is 10.5. The third-order valence-corrected chi connectivity index (χ3v) is 7.73. The second kappa shape index (κ2) is 12.0. The van der Waals surface area contributed by atoms with Crippen LogP contribution in [0.5, 0.6) is 0 Å². The molecule has 0 spiro atoms. The molecule has 3 N–H and O–H groups in total. The summed E-state index contributed by atoms with van der Waals surface area (Å²) in [5.41, 5.74) is 11.9. The molecule has 0 saturated carbocycles. The van der Waals surface area contributed by atoms with Crippen LogP contribution >= 0.6 is 0 Å². The van der Waals surface area contributed by atoms with Crippen LogP contribution in [0, 0.1) is 0 Å². The van der Waals surface area contributed by atoms with Crippen LogP contribution in [0.25, 0.3) is 11.3 Å². The summed E-state index contributed by atoms with van der Waals surface area (Å²) in [7, 11) is 5.21. The van der Waals surface area contributed by atoms with Gasteiger partial charge in [-0.1, -0.05) is 18.2 Å². The maximum absolute atomic E-state index is 13.4. The molecule has 0 unspecified atom stereocenters. The van der Waals surface area contributed by atoms with Crippen LogP contribution < -0.4 is 16.0 Å². The normalized spacial score (nSPS) is 16.7. The lowest BCUT2D eigenvalue weighted by molar-refractivity contribution is -0.119. The van der Waals surface area contributed by atoms with E-state index in [0.29, 0.717) is 34.6 Å². The number of carbonyl (C=O) groups is 3. The number of piperazine rings is 1. The number of anilines is 3. The summed E-state index contributed by atoms with van der Waals surface area (Å²) in [6, 6.07) is 20.0. The molecule has 212 valence electrons. The molecule has 1 heterocycles. The summed E-state index contributed by atoms with van der Waals surface area (Å²) in [6.45, 7) is 4.06. The Kier molecular flexibility index (Phi) is 8.19. The molecule has 9 heteroatoms. The highest BCUT2D eigenvalue weighted by atomic mass is 16.5. The van der Waals surface area contributed by atoms with Gasteiger partial charge in [-0.3, -0.25) is 14.5 Å². The van der Waals surface area contributed by atoms with Gasteiger partial charge in [-0.2, -0.15) is 0 Å². The highest BCUT2D eigenvalue weighted by Crippen LogP contribution is 2.37. The zero-order valence-electron chi connectivity index (χ0n) is 23.6. The molecule has 9 nitrogen and oxygen atoms in total. The van der Waals surface area contributed by atoms with Gasteiger partial charge in [0.25, 0.3) is 0 Å². The van der Waals surface area contributed by atoms with E-state index in [4.69, 9.17) is 10.5 Å². The number of fused-ring (bicyclic) bond motifs is 1. The van der Waals surface area contributed by atoms with E-state index >= 15 is 0 Å². The average molecular weight is 554 g/mol. The first-order valence-electron chi connectivity index (χ1n) is 13.6. The molecule has 1 aliphatic carbocycles. The smallest absolute Gasteiger partial charge is 0.337 e. The molecule has 3 aromatic carbocycles. The second-order valence-electron chi connectivity index (χ2n) is 10.5. The number of carbonyl (C=O) groups excluding carboxylic acids is 3. The standard InChI is InChI=1S/C32H35N5O4/c1-35-14-16-37(17-15-35)20-29(39)36(2)26-12-10-25(11-13-26)34-31(21-6-8-24(33)9-7-21)30-27-18-23(32(40)41-3)5-4-22(27)19-28(30)38/h4-13,18,34H,14-17,19-20,33H2,1-3H3/b31-30-. The lowest BCUT2D eigenvalue weighted by atomic mass is 9.98. The summed E-state index contributed by atoms with van der Waals surface area (Å²) in [6.07, 6.45) is 0.241. The van der Waals surface area contributed by atoms with E-state index in [1.807, 2.05) is 36.4 Å². The largest absolute Gasteiger partial charge is 0.465 e. The van der Waals surface area contributed by atoms with Gasteiger partial charge in [0, 0.05) is 62.3 Å². The van der Waals surface area contributed by atoms with Gasteiger partial charge in [-0.15, -0.1) is 0 Å². The van der Waals surface area contributed by atoms with Gasteiger partial charge in [0.2, 0.25) is 5.91 Å². The minimum absolute atomic E-state index is 0.0366. The number of nitrogen functional groups attached to an aromatic ring is 1. The Hall–Kier alpha value is -4.47. The van der Waals surface area contributed by atoms with E-state index in [9.17, 15) is 14.4 Å². The maximum atomic E-state index is 13.4. The van der Waals surface area contributed by atoms with Gasteiger partial charge in [0.1, 0.15) is 0 Å². The zero-order valence-corrected chi connectivity index (χ0v) is 23.6. The Labute approximate surface area is 240 Å². The minimum Gasteiger partial charge on any atom is -0.465 e. The van der Waals surface area contributed by atoms with Crippen LogP contribution in [-0.4, -0.2) is 81.4 Å². The number of amides is 1. The number of nitrogens with one attached hydrogen (secondary N) is 1. The molecule has 41 heavy (non-hydrogen) atoms. The fourth-order valence-corrected chi connectivity index (χ4v) is 5.18. The molecule has 1 saturated heterocycles. The monoisotopic (exact) mass is 553 g/mol. The number of methoxy groups -OCH3 is 1. The number of benzene rings is 3. The van der Waals surface area contributed by atoms with E-state index in [2.05, 4.69) is 22.2 Å². The number of rotatable bonds is 7. The first-order chi connectivity index (χ1) is 19.7. The molecule has 1 aliphatic heterocycles. The van der Waals surface area contributed by atoms with E-state index in [-0.39, 0.29) is 18.1 Å². The van der Waals surface area contributed by atoms with Crippen molar-refractivity contribution in [3.8, 4) is 0 Å². The first kappa shape index (κ1) is 28.1. The predicted octanol–water partition coefficient (Wildman–Crippen LogP) is 3.37. The number of nitrogens with zero attached hydrogens (tertiary/aromatic N) is 3. The van der Waals surface area contributed by atoms with Crippen LogP contribution in [-0.2, 0) is 20.7 Å². The number of ketones is 1. The lowest BCUT2D eigenvalue weighted by Gasteiger charge is -2.32. The van der Waals surface area contributed by atoms with Crippen molar-refractivity contribution in [2.75, 3.05) is 69.9 Å². The number of Topliss-reactive ketones (excluding diaryl/α,β-unsaturated/α-hetero) is 1. The molecule has 1 amide bonds. The highest BCUT2D eigenvalue weighted by Gasteiger charge is 2.30. The molecule has 1 fully saturated rings. The summed E-state index contributed by atoms with van der Waals surface area (Å²) < 4.78 is 4.90. The zero-order chi connectivity index (χ0) is 29.1. The number of hydrogen-bond acceptors (Lipinski definition) is 8. The van der Waals surface area contributed by atoms with Gasteiger partial charge in [-0.05, 0) is 72.3 Å². The van der Waals surface area contributed by atoms with Crippen LogP contribution in [0.1, 0.15) is 27.0 Å². The molecule has 0 atom stereocenters. The minimum atomic E-state index is -0.463. The van der Waals surface area contributed by atoms with Crippen molar-refractivity contribution in [3.63, 3.8) is 0 Å². The number of ether oxygens (including phenoxy) is 1. The summed E-state index contributed by atoms with van der Waals surface area (Å²) in [5.74, 6) is -0.475. The lowest BCUT2D eigenvalue weighted by Crippen LogP contribution is -2.48. The molecule has 3 aromatic rings. The van der Waals surface area contributed by atoms with Crippen LogP contribution in [0.4, 0.5) is 17.1 Å². The molecule has 0 aromatic heterocycles. The van der Waals surface area contributed by atoms with Crippen molar-refractivity contribution in [1.82, 2.24) is 9.80 Å². The summed E-state index contributed by atoms with van der Waals surface area (Å²) in [4.78, 5) is 44.7. The summed E-state index contributed by atoms with van der Waals surface area (Å²) in [5, 5.41) is 3.44. The fourth-order valence-electron chi connectivity index (χ4n) is 5.18. The third kappa shape index (κ3) is 6.16. The van der Waals surface area contributed by atoms with Crippen molar-refractivity contribution < 1.29 is 19.1 Å². The topological polar surface area (TPSA) is 108 Å². The highest BCUT2D eigenvalue weighted by molar-refractivity contribution is 6.32.